The fourth-order valence-corrected chi connectivity index (χ4v) is 2.47. The van der Waals surface area contributed by atoms with Crippen molar-refractivity contribution >= 4 is 17.2 Å². The van der Waals surface area contributed by atoms with Gasteiger partial charge in [-0.15, -0.1) is 0 Å². The lowest BCUT2D eigenvalue weighted by Gasteiger charge is -2.31. The predicted molar refractivity (Wildman–Crippen MR) is 78.0 cm³/mol. The Morgan fingerprint density at radius 1 is 1.26 bits per heavy atom. The molecule has 0 aliphatic heterocycles. The molecule has 0 fully saturated rings. The molecule has 2 nitrogen and oxygen atoms in total. The number of rotatable bonds is 7. The third-order valence-electron chi connectivity index (χ3n) is 2.91. The summed E-state index contributed by atoms with van der Waals surface area (Å²) in [7, 11) is 0. The number of nitrogens with zero attached hydrogens (tertiary/aromatic N) is 1. The molecule has 0 heterocycles. The SMILES string of the molecule is CCCN(CCC)C(C(N)=S)c1ccc(F)cc1F. The van der Waals surface area contributed by atoms with Crippen LogP contribution in [0, 0.1) is 11.6 Å². The van der Waals surface area contributed by atoms with Crippen LogP contribution in [0.3, 0.4) is 0 Å². The lowest BCUT2D eigenvalue weighted by atomic mass is 10.0. The molecule has 1 aromatic carbocycles. The summed E-state index contributed by atoms with van der Waals surface area (Å²) >= 11 is 5.07. The fraction of sp³-hybridized carbons (Fsp3) is 0.500. The molecule has 0 saturated carbocycles. The highest BCUT2D eigenvalue weighted by molar-refractivity contribution is 7.80. The van der Waals surface area contributed by atoms with Gasteiger partial charge in [0.15, 0.2) is 0 Å². The third-order valence-corrected chi connectivity index (χ3v) is 3.14. The monoisotopic (exact) mass is 286 g/mol. The number of benzene rings is 1. The second-order valence-electron chi connectivity index (χ2n) is 4.51. The Morgan fingerprint density at radius 3 is 2.26 bits per heavy atom. The van der Waals surface area contributed by atoms with Crippen LogP contribution in [-0.4, -0.2) is 23.0 Å². The van der Waals surface area contributed by atoms with E-state index in [1.807, 2.05) is 18.7 Å². The molecule has 1 unspecified atom stereocenters. The zero-order chi connectivity index (χ0) is 14.4. The van der Waals surface area contributed by atoms with Gasteiger partial charge < -0.3 is 5.73 Å². The maximum Gasteiger partial charge on any atom is 0.131 e. The predicted octanol–water partition coefficient (Wildman–Crippen LogP) is 3.41. The second kappa shape index (κ2) is 7.50. The highest BCUT2D eigenvalue weighted by Gasteiger charge is 2.25. The first-order valence-corrected chi connectivity index (χ1v) is 6.90. The van der Waals surface area contributed by atoms with Gasteiger partial charge in [-0.05, 0) is 32.0 Å². The van der Waals surface area contributed by atoms with Crippen molar-refractivity contribution in [2.75, 3.05) is 13.1 Å². The molecule has 0 amide bonds. The van der Waals surface area contributed by atoms with Crippen LogP contribution in [0.2, 0.25) is 0 Å². The lowest BCUT2D eigenvalue weighted by Crippen LogP contribution is -2.38. The maximum atomic E-state index is 13.9. The van der Waals surface area contributed by atoms with Crippen molar-refractivity contribution in [3.8, 4) is 0 Å². The Hall–Kier alpha value is -1.07. The average molecular weight is 286 g/mol. The van der Waals surface area contributed by atoms with E-state index in [9.17, 15) is 8.78 Å². The number of nitrogens with two attached hydrogens (primary N) is 1. The standard InChI is InChI=1S/C14H20F2N2S/c1-3-7-18(8-4-2)13(14(17)19)11-6-5-10(15)9-12(11)16/h5-6,9,13H,3-4,7-8H2,1-2H3,(H2,17,19). The molecular weight excluding hydrogens is 266 g/mol. The molecule has 1 rings (SSSR count). The Morgan fingerprint density at radius 2 is 1.84 bits per heavy atom. The fourth-order valence-electron chi connectivity index (χ4n) is 2.20. The van der Waals surface area contributed by atoms with Gasteiger partial charge in [0, 0.05) is 11.6 Å². The normalized spacial score (nSPS) is 12.7. The second-order valence-corrected chi connectivity index (χ2v) is 4.98. The molecule has 0 aliphatic rings. The zero-order valence-electron chi connectivity index (χ0n) is 11.3. The third kappa shape index (κ3) is 4.21. The number of hydrogen-bond acceptors (Lipinski definition) is 2. The van der Waals surface area contributed by atoms with Gasteiger partial charge in [0.2, 0.25) is 0 Å². The van der Waals surface area contributed by atoms with Crippen molar-refractivity contribution in [2.24, 2.45) is 5.73 Å². The first-order chi connectivity index (χ1) is 9.01. The van der Waals surface area contributed by atoms with Crippen molar-refractivity contribution in [1.82, 2.24) is 4.90 Å². The molecule has 0 saturated heterocycles. The highest BCUT2D eigenvalue weighted by atomic mass is 32.1. The van der Waals surface area contributed by atoms with E-state index in [-0.39, 0.29) is 4.99 Å². The molecule has 19 heavy (non-hydrogen) atoms. The van der Waals surface area contributed by atoms with Crippen molar-refractivity contribution in [2.45, 2.75) is 32.7 Å². The number of hydrogen-bond donors (Lipinski definition) is 1. The van der Waals surface area contributed by atoms with Crippen LogP contribution in [0.4, 0.5) is 8.78 Å². The van der Waals surface area contributed by atoms with E-state index in [1.165, 1.54) is 12.1 Å². The molecule has 106 valence electrons. The van der Waals surface area contributed by atoms with Crippen LogP contribution in [0.1, 0.15) is 38.3 Å². The minimum absolute atomic E-state index is 0.215. The van der Waals surface area contributed by atoms with Crippen molar-refractivity contribution in [3.05, 3.63) is 35.4 Å². The van der Waals surface area contributed by atoms with Crippen LogP contribution in [0.25, 0.3) is 0 Å². The number of halogens is 2. The highest BCUT2D eigenvalue weighted by Crippen LogP contribution is 2.25. The maximum absolute atomic E-state index is 13.9. The van der Waals surface area contributed by atoms with Crippen LogP contribution >= 0.6 is 12.2 Å². The Bertz CT molecular complexity index is 431. The molecule has 1 aromatic rings. The molecular formula is C14H20F2N2S. The summed E-state index contributed by atoms with van der Waals surface area (Å²) in [5, 5.41) is 0. The van der Waals surface area contributed by atoms with E-state index in [2.05, 4.69) is 0 Å². The molecule has 1 atom stereocenters. The van der Waals surface area contributed by atoms with E-state index >= 15 is 0 Å². The van der Waals surface area contributed by atoms with Crippen LogP contribution in [0.15, 0.2) is 18.2 Å². The van der Waals surface area contributed by atoms with Gasteiger partial charge in [-0.2, -0.15) is 0 Å². The van der Waals surface area contributed by atoms with Gasteiger partial charge in [-0.1, -0.05) is 32.1 Å². The van der Waals surface area contributed by atoms with Crippen LogP contribution in [-0.2, 0) is 0 Å². The topological polar surface area (TPSA) is 29.3 Å². The Balaban J connectivity index is 3.14. The van der Waals surface area contributed by atoms with Crippen molar-refractivity contribution < 1.29 is 8.78 Å². The van der Waals surface area contributed by atoms with Crippen molar-refractivity contribution in [3.63, 3.8) is 0 Å². The molecule has 0 spiro atoms. The molecule has 5 heteroatoms. The molecule has 2 N–H and O–H groups in total. The Kier molecular flexibility index (Phi) is 6.31. The molecule has 0 aliphatic carbocycles. The summed E-state index contributed by atoms with van der Waals surface area (Å²) in [6.07, 6.45) is 1.84. The largest absolute Gasteiger partial charge is 0.392 e. The van der Waals surface area contributed by atoms with Gasteiger partial charge in [-0.25, -0.2) is 8.78 Å². The summed E-state index contributed by atoms with van der Waals surface area (Å²) in [6, 6.07) is 3.05. The van der Waals surface area contributed by atoms with E-state index in [0.717, 1.165) is 32.0 Å². The summed E-state index contributed by atoms with van der Waals surface area (Å²) < 4.78 is 26.9. The molecule has 0 aromatic heterocycles. The summed E-state index contributed by atoms with van der Waals surface area (Å²) in [6.45, 7) is 5.62. The quantitative estimate of drug-likeness (QED) is 0.779. The van der Waals surface area contributed by atoms with E-state index < -0.39 is 17.7 Å². The molecule has 0 bridgehead atoms. The smallest absolute Gasteiger partial charge is 0.131 e. The summed E-state index contributed by atoms with van der Waals surface area (Å²) in [5.74, 6) is -1.20. The summed E-state index contributed by atoms with van der Waals surface area (Å²) in [5.41, 5.74) is 6.11. The average Bonchev–Trinajstić information content (AvgIpc) is 2.32. The van der Waals surface area contributed by atoms with E-state index in [0.29, 0.717) is 5.56 Å². The Labute approximate surface area is 118 Å². The number of thiocarbonyl (C=S) groups is 1. The lowest BCUT2D eigenvalue weighted by molar-refractivity contribution is 0.241. The minimum atomic E-state index is -0.602. The van der Waals surface area contributed by atoms with Gasteiger partial charge in [-0.3, -0.25) is 4.90 Å². The van der Waals surface area contributed by atoms with Gasteiger partial charge in [0.1, 0.15) is 11.6 Å². The van der Waals surface area contributed by atoms with Crippen molar-refractivity contribution in [1.29, 1.82) is 0 Å². The van der Waals surface area contributed by atoms with Gasteiger partial charge in [0.05, 0.1) is 11.0 Å². The first-order valence-electron chi connectivity index (χ1n) is 6.49. The molecule has 0 radical (unpaired) electrons. The van der Waals surface area contributed by atoms with Crippen LogP contribution in [0.5, 0.6) is 0 Å². The zero-order valence-corrected chi connectivity index (χ0v) is 12.1. The van der Waals surface area contributed by atoms with Crippen LogP contribution < -0.4 is 5.73 Å². The van der Waals surface area contributed by atoms with E-state index in [4.69, 9.17) is 18.0 Å². The van der Waals surface area contributed by atoms with Gasteiger partial charge in [0.25, 0.3) is 0 Å². The minimum Gasteiger partial charge on any atom is -0.392 e. The summed E-state index contributed by atoms with van der Waals surface area (Å²) in [4.78, 5) is 2.26. The van der Waals surface area contributed by atoms with Gasteiger partial charge >= 0.3 is 0 Å². The van der Waals surface area contributed by atoms with E-state index in [1.54, 1.807) is 0 Å². The first kappa shape index (κ1) is 16.0.